The lowest BCUT2D eigenvalue weighted by Crippen LogP contribution is -2.51. The van der Waals surface area contributed by atoms with Gasteiger partial charge in [0.25, 0.3) is 11.8 Å². The van der Waals surface area contributed by atoms with Crippen molar-refractivity contribution in [1.82, 2.24) is 10.9 Å². The number of benzene rings is 2. The fraction of sp³-hybridized carbons (Fsp3) is 0.263. The van der Waals surface area contributed by atoms with E-state index in [4.69, 9.17) is 9.47 Å². The molecule has 7 nitrogen and oxygen atoms in total. The van der Waals surface area contributed by atoms with Crippen LogP contribution in [0.15, 0.2) is 42.5 Å². The minimum Gasteiger partial charge on any atom is -0.485 e. The number of nitrogens with one attached hydrogen (secondary N) is 3. The van der Waals surface area contributed by atoms with Crippen molar-refractivity contribution in [2.45, 2.75) is 20.0 Å². The number of amides is 2. The first-order valence-electron chi connectivity index (χ1n) is 8.31. The number of carbonyl (C=O) groups excluding carboxylic acids is 2. The fourth-order valence-corrected chi connectivity index (χ4v) is 2.59. The Balaban J connectivity index is 1.45. The van der Waals surface area contributed by atoms with Crippen molar-refractivity contribution >= 4 is 17.5 Å². The highest BCUT2D eigenvalue weighted by Gasteiger charge is 2.27. The summed E-state index contributed by atoms with van der Waals surface area (Å²) >= 11 is 0. The molecule has 26 heavy (non-hydrogen) atoms. The second-order valence-corrected chi connectivity index (χ2v) is 6.07. The molecule has 2 aromatic carbocycles. The molecule has 2 aromatic rings. The van der Waals surface area contributed by atoms with Gasteiger partial charge in [-0.1, -0.05) is 29.8 Å². The third kappa shape index (κ3) is 4.24. The average Bonchev–Trinajstić information content (AvgIpc) is 2.65. The van der Waals surface area contributed by atoms with E-state index in [0.717, 1.165) is 16.8 Å². The van der Waals surface area contributed by atoms with E-state index in [1.54, 1.807) is 18.2 Å². The van der Waals surface area contributed by atoms with E-state index in [1.807, 2.05) is 38.1 Å². The number of carbonyl (C=O) groups is 2. The molecule has 136 valence electrons. The minimum atomic E-state index is -0.822. The van der Waals surface area contributed by atoms with Gasteiger partial charge < -0.3 is 14.8 Å². The van der Waals surface area contributed by atoms with Crippen molar-refractivity contribution in [2.24, 2.45) is 0 Å². The Morgan fingerprint density at radius 2 is 1.85 bits per heavy atom. The average molecular weight is 355 g/mol. The van der Waals surface area contributed by atoms with Gasteiger partial charge in [0.1, 0.15) is 6.61 Å². The number of ether oxygens (including phenoxy) is 2. The summed E-state index contributed by atoms with van der Waals surface area (Å²) in [6.07, 6.45) is -0.822. The summed E-state index contributed by atoms with van der Waals surface area (Å²) in [5, 5.41) is 3.04. The Bertz CT molecular complexity index is 822. The molecule has 1 aliphatic rings. The molecule has 0 spiro atoms. The van der Waals surface area contributed by atoms with Gasteiger partial charge in [-0.3, -0.25) is 20.4 Å². The van der Waals surface area contributed by atoms with Gasteiger partial charge in [0, 0.05) is 5.69 Å². The van der Waals surface area contributed by atoms with Crippen LogP contribution in [-0.4, -0.2) is 31.1 Å². The predicted molar refractivity (Wildman–Crippen MR) is 97.0 cm³/mol. The largest absolute Gasteiger partial charge is 0.485 e. The van der Waals surface area contributed by atoms with Gasteiger partial charge >= 0.3 is 0 Å². The highest BCUT2D eigenvalue weighted by molar-refractivity contribution is 5.86. The van der Waals surface area contributed by atoms with Crippen LogP contribution in [0, 0.1) is 13.8 Å². The molecular weight excluding hydrogens is 334 g/mol. The third-order valence-electron chi connectivity index (χ3n) is 3.95. The Morgan fingerprint density at radius 1 is 1.08 bits per heavy atom. The van der Waals surface area contributed by atoms with Crippen molar-refractivity contribution in [2.75, 3.05) is 18.5 Å². The molecule has 0 saturated heterocycles. The lowest BCUT2D eigenvalue weighted by molar-refractivity contribution is -0.134. The summed E-state index contributed by atoms with van der Waals surface area (Å²) in [6, 6.07) is 13.0. The summed E-state index contributed by atoms with van der Waals surface area (Å²) in [6.45, 7) is 4.09. The van der Waals surface area contributed by atoms with Gasteiger partial charge in [-0.05, 0) is 37.6 Å². The van der Waals surface area contributed by atoms with Crippen molar-refractivity contribution in [3.63, 3.8) is 0 Å². The maximum absolute atomic E-state index is 12.1. The SMILES string of the molecule is Cc1ccc(NCC(=O)NNC(=O)[C@@H]2COc3ccccc3O2)c(C)c1. The number of fused-ring (bicyclic) bond motifs is 1. The Labute approximate surface area is 151 Å². The molecule has 7 heteroatoms. The van der Waals surface area contributed by atoms with E-state index in [9.17, 15) is 9.59 Å². The quantitative estimate of drug-likeness (QED) is 0.727. The van der Waals surface area contributed by atoms with Crippen LogP contribution in [0.5, 0.6) is 11.5 Å². The van der Waals surface area contributed by atoms with Crippen LogP contribution in [-0.2, 0) is 9.59 Å². The molecular formula is C19H21N3O4. The molecule has 1 atom stereocenters. The number of hydrazine groups is 1. The number of anilines is 1. The van der Waals surface area contributed by atoms with Crippen molar-refractivity contribution < 1.29 is 19.1 Å². The zero-order chi connectivity index (χ0) is 18.5. The van der Waals surface area contributed by atoms with Crippen molar-refractivity contribution in [3.05, 3.63) is 53.6 Å². The normalized spacial score (nSPS) is 15.1. The third-order valence-corrected chi connectivity index (χ3v) is 3.95. The summed E-state index contributed by atoms with van der Waals surface area (Å²) < 4.78 is 11.1. The summed E-state index contributed by atoms with van der Waals surface area (Å²) in [7, 11) is 0. The molecule has 2 amide bonds. The molecule has 0 unspecified atom stereocenters. The molecule has 0 aromatic heterocycles. The number of hydrogen-bond donors (Lipinski definition) is 3. The van der Waals surface area contributed by atoms with Gasteiger partial charge in [0.15, 0.2) is 11.5 Å². The van der Waals surface area contributed by atoms with Crippen molar-refractivity contribution in [3.8, 4) is 11.5 Å². The number of hydrogen-bond acceptors (Lipinski definition) is 5. The Hall–Kier alpha value is -3.22. The van der Waals surface area contributed by atoms with E-state index < -0.39 is 12.0 Å². The van der Waals surface area contributed by atoms with E-state index in [2.05, 4.69) is 16.2 Å². The van der Waals surface area contributed by atoms with Crippen LogP contribution < -0.4 is 25.6 Å². The number of aryl methyl sites for hydroxylation is 2. The fourth-order valence-electron chi connectivity index (χ4n) is 2.59. The van der Waals surface area contributed by atoms with E-state index in [-0.39, 0.29) is 19.1 Å². The molecule has 3 rings (SSSR count). The second-order valence-electron chi connectivity index (χ2n) is 6.07. The predicted octanol–water partition coefficient (Wildman–Crippen LogP) is 1.70. The van der Waals surface area contributed by atoms with Crippen LogP contribution in [0.4, 0.5) is 5.69 Å². The summed E-state index contributed by atoms with van der Waals surface area (Å²) in [4.78, 5) is 24.0. The van der Waals surface area contributed by atoms with Gasteiger partial charge in [-0.2, -0.15) is 0 Å². The molecule has 1 heterocycles. The first-order valence-corrected chi connectivity index (χ1v) is 8.31. The topological polar surface area (TPSA) is 88.7 Å². The van der Waals surface area contributed by atoms with Crippen LogP contribution in [0.1, 0.15) is 11.1 Å². The standard InChI is InChI=1S/C19H21N3O4/c1-12-7-8-14(13(2)9-12)20-10-18(23)21-22-19(24)17-11-25-15-5-3-4-6-16(15)26-17/h3-9,17,20H,10-11H2,1-2H3,(H,21,23)(H,22,24)/t17-/m0/s1. The van der Waals surface area contributed by atoms with Crippen LogP contribution in [0.25, 0.3) is 0 Å². The van der Waals surface area contributed by atoms with Crippen molar-refractivity contribution in [1.29, 1.82) is 0 Å². The Morgan fingerprint density at radius 3 is 2.62 bits per heavy atom. The molecule has 0 saturated carbocycles. The smallest absolute Gasteiger partial charge is 0.283 e. The molecule has 1 aliphatic heterocycles. The molecule has 0 bridgehead atoms. The van der Waals surface area contributed by atoms with Crippen LogP contribution in [0.2, 0.25) is 0 Å². The highest BCUT2D eigenvalue weighted by atomic mass is 16.6. The molecule has 3 N–H and O–H groups in total. The zero-order valence-corrected chi connectivity index (χ0v) is 14.7. The van der Waals surface area contributed by atoms with Gasteiger partial charge in [-0.25, -0.2) is 0 Å². The summed E-state index contributed by atoms with van der Waals surface area (Å²) in [5.41, 5.74) is 7.80. The lowest BCUT2D eigenvalue weighted by atomic mass is 10.1. The molecule has 0 fully saturated rings. The first-order chi connectivity index (χ1) is 12.5. The number of rotatable bonds is 4. The van der Waals surface area contributed by atoms with Crippen LogP contribution >= 0.6 is 0 Å². The maximum Gasteiger partial charge on any atom is 0.283 e. The monoisotopic (exact) mass is 355 g/mol. The molecule has 0 radical (unpaired) electrons. The summed E-state index contributed by atoms with van der Waals surface area (Å²) in [5.74, 6) is 0.259. The van der Waals surface area contributed by atoms with Gasteiger partial charge in [0.05, 0.1) is 6.54 Å². The van der Waals surface area contributed by atoms with Gasteiger partial charge in [-0.15, -0.1) is 0 Å². The Kier molecular flexibility index (Phi) is 5.26. The number of para-hydroxylation sites is 2. The van der Waals surface area contributed by atoms with Gasteiger partial charge in [0.2, 0.25) is 6.10 Å². The first kappa shape index (κ1) is 17.6. The lowest BCUT2D eigenvalue weighted by Gasteiger charge is -2.25. The van der Waals surface area contributed by atoms with E-state index in [1.165, 1.54) is 0 Å². The van der Waals surface area contributed by atoms with E-state index >= 15 is 0 Å². The minimum absolute atomic E-state index is 0.0367. The maximum atomic E-state index is 12.1. The van der Waals surface area contributed by atoms with E-state index in [0.29, 0.717) is 11.5 Å². The zero-order valence-electron chi connectivity index (χ0n) is 14.7. The highest BCUT2D eigenvalue weighted by Crippen LogP contribution is 2.30. The molecule has 0 aliphatic carbocycles. The second kappa shape index (κ2) is 7.77. The van der Waals surface area contributed by atoms with Crippen LogP contribution in [0.3, 0.4) is 0 Å².